The van der Waals surface area contributed by atoms with Crippen molar-refractivity contribution in [3.63, 3.8) is 0 Å². The molecule has 0 aromatic carbocycles. The summed E-state index contributed by atoms with van der Waals surface area (Å²) in [5, 5.41) is 0. The Balaban J connectivity index is 2.42. The quantitative estimate of drug-likeness (QED) is 0.759. The summed E-state index contributed by atoms with van der Waals surface area (Å²) in [5.74, 6) is 0.267. The van der Waals surface area contributed by atoms with Crippen LogP contribution in [0.2, 0.25) is 0 Å². The lowest BCUT2D eigenvalue weighted by Crippen LogP contribution is -2.08. The maximum absolute atomic E-state index is 5.86. The predicted molar refractivity (Wildman–Crippen MR) is 69.3 cm³/mol. The largest absolute Gasteiger partial charge is 0.468 e. The molecule has 8 heteroatoms. The summed E-state index contributed by atoms with van der Waals surface area (Å²) in [4.78, 5) is 12.6. The Kier molecular flexibility index (Phi) is 4.00. The van der Waals surface area contributed by atoms with Crippen molar-refractivity contribution in [1.82, 2.24) is 19.5 Å². The Morgan fingerprint density at radius 2 is 1.95 bits per heavy atom. The highest BCUT2D eigenvalue weighted by molar-refractivity contribution is 5.83. The lowest BCUT2D eigenvalue weighted by molar-refractivity contribution is 0.141. The van der Waals surface area contributed by atoms with E-state index in [2.05, 4.69) is 15.0 Å². The number of nitrogen functional groups attached to an aromatic ring is 1. The molecule has 0 bridgehead atoms. The molecule has 2 aromatic heterocycles. The van der Waals surface area contributed by atoms with Crippen LogP contribution in [-0.2, 0) is 11.3 Å². The maximum atomic E-state index is 5.86. The fourth-order valence-electron chi connectivity index (χ4n) is 1.70. The summed E-state index contributed by atoms with van der Waals surface area (Å²) < 4.78 is 17.3. The molecular weight excluding hydrogens is 250 g/mol. The third-order valence-electron chi connectivity index (χ3n) is 2.58. The second-order valence-electron chi connectivity index (χ2n) is 3.75. The van der Waals surface area contributed by atoms with Gasteiger partial charge < -0.3 is 19.9 Å². The minimum atomic E-state index is 0.208. The van der Waals surface area contributed by atoms with Crippen LogP contribution in [0.1, 0.15) is 6.92 Å². The van der Waals surface area contributed by atoms with Crippen LogP contribution in [0.15, 0.2) is 0 Å². The Bertz CT molecular complexity index is 569. The van der Waals surface area contributed by atoms with E-state index >= 15 is 0 Å². The van der Waals surface area contributed by atoms with Gasteiger partial charge in [-0.2, -0.15) is 15.0 Å². The molecule has 0 aliphatic heterocycles. The standard InChI is InChI=1S/C11H17N5O3/c1-4-16-9-7(13-11(16)18-3)8(12)14-10(15-9)19-6-5-17-2/h4-6H2,1-3H3,(H2,12,14,15). The van der Waals surface area contributed by atoms with Gasteiger partial charge >= 0.3 is 6.01 Å². The van der Waals surface area contributed by atoms with Gasteiger partial charge in [0.2, 0.25) is 0 Å². The minimum Gasteiger partial charge on any atom is -0.468 e. The van der Waals surface area contributed by atoms with E-state index in [9.17, 15) is 0 Å². The lowest BCUT2D eigenvalue weighted by atomic mass is 10.5. The van der Waals surface area contributed by atoms with Crippen LogP contribution in [-0.4, -0.2) is 47.0 Å². The highest BCUT2D eigenvalue weighted by Crippen LogP contribution is 2.24. The van der Waals surface area contributed by atoms with Crippen LogP contribution >= 0.6 is 0 Å². The highest BCUT2D eigenvalue weighted by atomic mass is 16.5. The molecule has 0 fully saturated rings. The van der Waals surface area contributed by atoms with E-state index in [1.165, 1.54) is 0 Å². The van der Waals surface area contributed by atoms with Gasteiger partial charge in [-0.3, -0.25) is 4.57 Å². The van der Waals surface area contributed by atoms with Crippen molar-refractivity contribution in [1.29, 1.82) is 0 Å². The second-order valence-corrected chi connectivity index (χ2v) is 3.75. The molecule has 19 heavy (non-hydrogen) atoms. The average molecular weight is 267 g/mol. The molecule has 0 aliphatic rings. The Morgan fingerprint density at radius 3 is 2.58 bits per heavy atom. The zero-order valence-electron chi connectivity index (χ0n) is 11.2. The van der Waals surface area contributed by atoms with Gasteiger partial charge in [0, 0.05) is 13.7 Å². The first-order valence-electron chi connectivity index (χ1n) is 5.90. The van der Waals surface area contributed by atoms with Crippen molar-refractivity contribution in [2.24, 2.45) is 0 Å². The van der Waals surface area contributed by atoms with E-state index in [0.717, 1.165) is 0 Å². The number of aryl methyl sites for hydroxylation is 1. The fraction of sp³-hybridized carbons (Fsp3) is 0.545. The van der Waals surface area contributed by atoms with E-state index in [1.807, 2.05) is 6.92 Å². The molecule has 0 radical (unpaired) electrons. The molecule has 2 aromatic rings. The van der Waals surface area contributed by atoms with Crippen molar-refractivity contribution >= 4 is 17.0 Å². The number of anilines is 1. The van der Waals surface area contributed by atoms with Gasteiger partial charge in [0.05, 0.1) is 13.7 Å². The number of fused-ring (bicyclic) bond motifs is 1. The summed E-state index contributed by atoms with van der Waals surface area (Å²) in [7, 11) is 3.14. The highest BCUT2D eigenvalue weighted by Gasteiger charge is 2.16. The average Bonchev–Trinajstić information content (AvgIpc) is 2.77. The van der Waals surface area contributed by atoms with E-state index in [4.69, 9.17) is 19.9 Å². The van der Waals surface area contributed by atoms with Gasteiger partial charge in [0.25, 0.3) is 6.01 Å². The zero-order chi connectivity index (χ0) is 13.8. The Labute approximate surface area is 110 Å². The number of rotatable bonds is 6. The van der Waals surface area contributed by atoms with Gasteiger partial charge in [0.15, 0.2) is 17.0 Å². The molecule has 0 amide bonds. The van der Waals surface area contributed by atoms with Crippen molar-refractivity contribution < 1.29 is 14.2 Å². The molecule has 0 unspecified atom stereocenters. The summed E-state index contributed by atoms with van der Waals surface area (Å²) in [6.07, 6.45) is 0. The number of nitrogens with zero attached hydrogens (tertiary/aromatic N) is 4. The SMILES string of the molecule is CCn1c(OC)nc2c(N)nc(OCCOC)nc21. The number of ether oxygens (including phenoxy) is 3. The van der Waals surface area contributed by atoms with Crippen LogP contribution in [0.4, 0.5) is 5.82 Å². The Hall–Kier alpha value is -2.09. The molecule has 2 rings (SSSR count). The summed E-state index contributed by atoms with van der Waals surface area (Å²) in [6, 6.07) is 0.659. The molecule has 0 aliphatic carbocycles. The molecule has 2 N–H and O–H groups in total. The van der Waals surface area contributed by atoms with Crippen LogP contribution < -0.4 is 15.2 Å². The van der Waals surface area contributed by atoms with Crippen LogP contribution in [0.3, 0.4) is 0 Å². The first-order valence-corrected chi connectivity index (χ1v) is 5.90. The molecule has 0 spiro atoms. The number of methoxy groups -OCH3 is 2. The zero-order valence-corrected chi connectivity index (χ0v) is 11.2. The smallest absolute Gasteiger partial charge is 0.320 e. The molecular formula is C11H17N5O3. The van der Waals surface area contributed by atoms with E-state index in [0.29, 0.717) is 36.9 Å². The molecule has 2 heterocycles. The molecule has 0 saturated heterocycles. The van der Waals surface area contributed by atoms with Gasteiger partial charge in [-0.1, -0.05) is 0 Å². The van der Waals surface area contributed by atoms with Gasteiger partial charge in [-0.15, -0.1) is 0 Å². The first-order chi connectivity index (χ1) is 9.21. The Morgan fingerprint density at radius 1 is 1.16 bits per heavy atom. The fourth-order valence-corrected chi connectivity index (χ4v) is 1.70. The third-order valence-corrected chi connectivity index (χ3v) is 2.58. The third kappa shape index (κ3) is 2.53. The molecule has 8 nitrogen and oxygen atoms in total. The second kappa shape index (κ2) is 5.70. The summed E-state index contributed by atoms with van der Waals surface area (Å²) in [6.45, 7) is 3.44. The number of imidazole rings is 1. The summed E-state index contributed by atoms with van der Waals surface area (Å²) >= 11 is 0. The molecule has 104 valence electrons. The normalized spacial score (nSPS) is 10.9. The first kappa shape index (κ1) is 13.3. The monoisotopic (exact) mass is 267 g/mol. The van der Waals surface area contributed by atoms with Crippen LogP contribution in [0, 0.1) is 0 Å². The number of nitrogens with two attached hydrogens (primary N) is 1. The van der Waals surface area contributed by atoms with Gasteiger partial charge in [-0.05, 0) is 6.92 Å². The lowest BCUT2D eigenvalue weighted by Gasteiger charge is -2.06. The van der Waals surface area contributed by atoms with E-state index in [-0.39, 0.29) is 11.8 Å². The van der Waals surface area contributed by atoms with Crippen LogP contribution in [0.25, 0.3) is 11.2 Å². The van der Waals surface area contributed by atoms with E-state index < -0.39 is 0 Å². The predicted octanol–water partition coefficient (Wildman–Crippen LogP) is 0.462. The molecule has 0 saturated carbocycles. The summed E-state index contributed by atoms with van der Waals surface area (Å²) in [5.41, 5.74) is 6.97. The van der Waals surface area contributed by atoms with E-state index in [1.54, 1.807) is 18.8 Å². The van der Waals surface area contributed by atoms with Crippen molar-refractivity contribution in [3.05, 3.63) is 0 Å². The van der Waals surface area contributed by atoms with Crippen molar-refractivity contribution in [2.45, 2.75) is 13.5 Å². The molecule has 0 atom stereocenters. The van der Waals surface area contributed by atoms with Crippen molar-refractivity contribution in [2.75, 3.05) is 33.2 Å². The minimum absolute atomic E-state index is 0.208. The van der Waals surface area contributed by atoms with Gasteiger partial charge in [0.1, 0.15) is 6.61 Å². The number of hydrogen-bond donors (Lipinski definition) is 1. The topological polar surface area (TPSA) is 97.3 Å². The maximum Gasteiger partial charge on any atom is 0.320 e. The van der Waals surface area contributed by atoms with Crippen molar-refractivity contribution in [3.8, 4) is 12.0 Å². The van der Waals surface area contributed by atoms with Crippen LogP contribution in [0.5, 0.6) is 12.0 Å². The number of hydrogen-bond acceptors (Lipinski definition) is 7. The van der Waals surface area contributed by atoms with Gasteiger partial charge in [-0.25, -0.2) is 0 Å². The number of aromatic nitrogens is 4.